The summed E-state index contributed by atoms with van der Waals surface area (Å²) < 4.78 is 38.6. The van der Waals surface area contributed by atoms with Crippen LogP contribution in [-0.2, 0) is 19.6 Å². The van der Waals surface area contributed by atoms with Crippen molar-refractivity contribution < 1.29 is 27.0 Å². The summed E-state index contributed by atoms with van der Waals surface area (Å²) >= 11 is 0. The molecular weight excluding hydrogens is 318 g/mol. The lowest BCUT2D eigenvalue weighted by molar-refractivity contribution is -0.964. The van der Waals surface area contributed by atoms with Gasteiger partial charge in [0, 0.05) is 18.2 Å². The van der Waals surface area contributed by atoms with Gasteiger partial charge in [0.25, 0.3) is 0 Å². The van der Waals surface area contributed by atoms with Crippen LogP contribution in [0.25, 0.3) is 0 Å². The molecule has 0 aromatic heterocycles. The summed E-state index contributed by atoms with van der Waals surface area (Å²) in [4.78, 5) is 11.4. The molecule has 0 N–H and O–H groups in total. The van der Waals surface area contributed by atoms with Crippen LogP contribution in [0.2, 0.25) is 0 Å². The van der Waals surface area contributed by atoms with E-state index in [2.05, 4.69) is 20.4 Å². The number of nitrogens with zero attached hydrogens (tertiary/aromatic N) is 1. The standard InChI is InChI=1S/C16H31NO5S/c1-5-8-11-17(12-9-6-2,14-22-16(18)7-3)15(4)10-13-23(19,20)21/h7,15H,3,5-6,8-14H2,1-2,4H3. The predicted octanol–water partition coefficient (Wildman–Crippen LogP) is 2.41. The van der Waals surface area contributed by atoms with E-state index in [1.54, 1.807) is 0 Å². The molecule has 136 valence electrons. The van der Waals surface area contributed by atoms with Crippen LogP contribution in [0.5, 0.6) is 0 Å². The zero-order valence-electron chi connectivity index (χ0n) is 14.6. The summed E-state index contributed by atoms with van der Waals surface area (Å²) in [6, 6.07) is -0.0746. The Hall–Kier alpha value is -0.920. The summed E-state index contributed by atoms with van der Waals surface area (Å²) in [5.41, 5.74) is 0. The third kappa shape index (κ3) is 9.07. The van der Waals surface area contributed by atoms with Gasteiger partial charge in [-0.15, -0.1) is 0 Å². The predicted molar refractivity (Wildman–Crippen MR) is 89.6 cm³/mol. The van der Waals surface area contributed by atoms with Crippen molar-refractivity contribution in [1.29, 1.82) is 0 Å². The van der Waals surface area contributed by atoms with Crippen molar-refractivity contribution in [2.45, 2.75) is 58.9 Å². The summed E-state index contributed by atoms with van der Waals surface area (Å²) in [6.07, 6.45) is 5.28. The molecule has 0 spiro atoms. The van der Waals surface area contributed by atoms with Crippen LogP contribution in [0, 0.1) is 0 Å². The number of hydrogen-bond acceptors (Lipinski definition) is 5. The highest BCUT2D eigenvalue weighted by molar-refractivity contribution is 7.85. The molecule has 7 heteroatoms. The lowest BCUT2D eigenvalue weighted by Crippen LogP contribution is -2.57. The van der Waals surface area contributed by atoms with Crippen molar-refractivity contribution in [2.24, 2.45) is 0 Å². The van der Waals surface area contributed by atoms with Gasteiger partial charge in [-0.25, -0.2) is 13.2 Å². The lowest BCUT2D eigenvalue weighted by Gasteiger charge is -2.43. The van der Waals surface area contributed by atoms with Crippen molar-refractivity contribution in [3.05, 3.63) is 12.7 Å². The first-order valence-electron chi connectivity index (χ1n) is 8.29. The molecule has 0 aliphatic heterocycles. The number of esters is 1. The number of quaternary nitrogens is 1. The maximum Gasteiger partial charge on any atom is 0.334 e. The number of hydrogen-bond donors (Lipinski definition) is 0. The van der Waals surface area contributed by atoms with E-state index in [4.69, 9.17) is 4.74 Å². The molecular formula is C16H31NO5S. The SMILES string of the molecule is C=CC(=O)OC[N+](CCCC)(CCCC)C(C)CCS(=O)(=O)[O-]. The molecule has 0 saturated carbocycles. The van der Waals surface area contributed by atoms with Crippen LogP contribution < -0.4 is 0 Å². The molecule has 0 aliphatic carbocycles. The molecule has 0 heterocycles. The Balaban J connectivity index is 5.20. The fourth-order valence-corrected chi connectivity index (χ4v) is 3.22. The summed E-state index contributed by atoms with van der Waals surface area (Å²) in [5, 5.41) is 0. The number of unbranched alkanes of at least 4 members (excludes halogenated alkanes) is 2. The fourth-order valence-electron chi connectivity index (χ4n) is 2.59. The minimum absolute atomic E-state index is 0.0746. The second-order valence-corrected chi connectivity index (χ2v) is 7.59. The molecule has 0 amide bonds. The molecule has 0 aromatic carbocycles. The second kappa shape index (κ2) is 10.8. The Labute approximate surface area is 140 Å². The third-order valence-corrected chi connectivity index (χ3v) is 5.00. The maximum atomic E-state index is 11.4. The molecule has 0 saturated heterocycles. The van der Waals surface area contributed by atoms with Crippen molar-refractivity contribution in [2.75, 3.05) is 25.6 Å². The first-order valence-corrected chi connectivity index (χ1v) is 9.87. The van der Waals surface area contributed by atoms with Crippen molar-refractivity contribution >= 4 is 16.1 Å². The topological polar surface area (TPSA) is 83.5 Å². The van der Waals surface area contributed by atoms with Gasteiger partial charge in [0.1, 0.15) is 0 Å². The van der Waals surface area contributed by atoms with Gasteiger partial charge in [0.05, 0.1) is 29.2 Å². The van der Waals surface area contributed by atoms with Gasteiger partial charge >= 0.3 is 5.97 Å². The Kier molecular flexibility index (Phi) is 10.3. The van der Waals surface area contributed by atoms with Gasteiger partial charge in [0.15, 0.2) is 0 Å². The maximum absolute atomic E-state index is 11.4. The number of rotatable bonds is 13. The monoisotopic (exact) mass is 349 g/mol. The molecule has 0 aromatic rings. The van der Waals surface area contributed by atoms with E-state index in [1.807, 2.05) is 6.92 Å². The molecule has 1 atom stereocenters. The van der Waals surface area contributed by atoms with Crippen molar-refractivity contribution in [3.63, 3.8) is 0 Å². The first-order chi connectivity index (χ1) is 10.7. The van der Waals surface area contributed by atoms with Gasteiger partial charge in [-0.2, -0.15) is 0 Å². The molecule has 6 nitrogen and oxygen atoms in total. The van der Waals surface area contributed by atoms with Gasteiger partial charge in [-0.3, -0.25) is 4.48 Å². The first kappa shape index (κ1) is 22.1. The van der Waals surface area contributed by atoms with E-state index >= 15 is 0 Å². The van der Waals surface area contributed by atoms with Crippen LogP contribution in [0.1, 0.15) is 52.9 Å². The van der Waals surface area contributed by atoms with E-state index in [-0.39, 0.29) is 24.9 Å². The average molecular weight is 349 g/mol. The van der Waals surface area contributed by atoms with Gasteiger partial charge in [-0.1, -0.05) is 33.3 Å². The Morgan fingerprint density at radius 2 is 1.78 bits per heavy atom. The van der Waals surface area contributed by atoms with E-state index in [0.717, 1.165) is 44.8 Å². The Morgan fingerprint density at radius 1 is 1.26 bits per heavy atom. The molecule has 0 radical (unpaired) electrons. The van der Waals surface area contributed by atoms with Gasteiger partial charge < -0.3 is 9.29 Å². The Bertz CT molecular complexity index is 453. The molecule has 23 heavy (non-hydrogen) atoms. The number of ether oxygens (including phenoxy) is 1. The molecule has 0 fully saturated rings. The van der Waals surface area contributed by atoms with Crippen molar-refractivity contribution in [1.82, 2.24) is 0 Å². The highest BCUT2D eigenvalue weighted by Crippen LogP contribution is 2.21. The molecule has 1 unspecified atom stereocenters. The van der Waals surface area contributed by atoms with Crippen LogP contribution in [0.4, 0.5) is 0 Å². The fraction of sp³-hybridized carbons (Fsp3) is 0.812. The lowest BCUT2D eigenvalue weighted by atomic mass is 10.1. The van der Waals surface area contributed by atoms with E-state index in [1.165, 1.54) is 0 Å². The largest absolute Gasteiger partial charge is 0.748 e. The minimum Gasteiger partial charge on any atom is -0.748 e. The van der Waals surface area contributed by atoms with Crippen LogP contribution >= 0.6 is 0 Å². The summed E-state index contributed by atoms with van der Waals surface area (Å²) in [5.74, 6) is -0.869. The zero-order valence-corrected chi connectivity index (χ0v) is 15.4. The van der Waals surface area contributed by atoms with Crippen LogP contribution in [0.15, 0.2) is 12.7 Å². The van der Waals surface area contributed by atoms with Gasteiger partial charge in [-0.05, 0) is 19.8 Å². The highest BCUT2D eigenvalue weighted by Gasteiger charge is 2.34. The molecule has 0 bridgehead atoms. The van der Waals surface area contributed by atoms with Crippen LogP contribution in [0.3, 0.4) is 0 Å². The van der Waals surface area contributed by atoms with Gasteiger partial charge in [0.2, 0.25) is 6.73 Å². The third-order valence-electron chi connectivity index (χ3n) is 4.27. The number of carbonyl (C=O) groups excluding carboxylic acids is 1. The van der Waals surface area contributed by atoms with E-state index in [0.29, 0.717) is 4.48 Å². The normalized spacial score (nSPS) is 13.6. The van der Waals surface area contributed by atoms with E-state index < -0.39 is 16.1 Å². The summed E-state index contributed by atoms with van der Waals surface area (Å²) in [7, 11) is -4.24. The van der Waals surface area contributed by atoms with Crippen molar-refractivity contribution in [3.8, 4) is 0 Å². The second-order valence-electron chi connectivity index (χ2n) is 6.07. The minimum atomic E-state index is -4.24. The van der Waals surface area contributed by atoms with Crippen LogP contribution in [-0.4, -0.2) is 55.0 Å². The Morgan fingerprint density at radius 3 is 2.17 bits per heavy atom. The average Bonchev–Trinajstić information content (AvgIpc) is 2.51. The van der Waals surface area contributed by atoms with E-state index in [9.17, 15) is 17.8 Å². The highest BCUT2D eigenvalue weighted by atomic mass is 32.2. The molecule has 0 aliphatic rings. The zero-order chi connectivity index (χ0) is 17.9. The smallest absolute Gasteiger partial charge is 0.334 e. The number of carbonyl (C=O) groups is 1. The summed E-state index contributed by atoms with van der Waals surface area (Å²) in [6.45, 7) is 11.3. The molecule has 0 rings (SSSR count). The quantitative estimate of drug-likeness (QED) is 0.168.